The van der Waals surface area contributed by atoms with Crippen LogP contribution in [0.3, 0.4) is 0 Å². The molecular weight excluding hydrogens is 292 g/mol. The van der Waals surface area contributed by atoms with Crippen LogP contribution >= 0.6 is 0 Å². The predicted molar refractivity (Wildman–Crippen MR) is 74.1 cm³/mol. The molecule has 3 amide bonds. The normalized spacial score (nSPS) is 26.9. The van der Waals surface area contributed by atoms with Crippen molar-refractivity contribution in [3.63, 3.8) is 0 Å². The molecule has 2 rings (SSSR count). The summed E-state index contributed by atoms with van der Waals surface area (Å²) in [6.45, 7) is -0.113. The number of aliphatic hydroxyl groups is 1. The number of ether oxygens (including phenoxy) is 2. The average Bonchev–Trinajstić information content (AvgIpc) is 2.94. The molecule has 0 spiro atoms. The molecule has 2 aliphatic heterocycles. The number of imide groups is 1. The first-order valence-corrected chi connectivity index (χ1v) is 6.62. The van der Waals surface area contributed by atoms with Gasteiger partial charge < -0.3 is 19.5 Å². The Morgan fingerprint density at radius 3 is 2.68 bits per heavy atom. The first-order chi connectivity index (χ1) is 10.3. The Morgan fingerprint density at radius 1 is 1.45 bits per heavy atom. The van der Waals surface area contributed by atoms with Crippen molar-refractivity contribution in [2.45, 2.75) is 12.0 Å². The molecule has 22 heavy (non-hydrogen) atoms. The second-order valence-electron chi connectivity index (χ2n) is 5.22. The smallest absolute Gasteiger partial charge is 0.261 e. The maximum atomic E-state index is 12.2. The molecule has 1 unspecified atom stereocenters. The lowest BCUT2D eigenvalue weighted by atomic mass is 10.0. The van der Waals surface area contributed by atoms with E-state index in [0.717, 1.165) is 4.90 Å². The highest BCUT2D eigenvalue weighted by Gasteiger charge is 2.47. The number of amides is 3. The largest absolute Gasteiger partial charge is 0.499 e. The number of hydrogen-bond donors (Lipinski definition) is 1. The van der Waals surface area contributed by atoms with Gasteiger partial charge in [-0.25, -0.2) is 0 Å². The third-order valence-corrected chi connectivity index (χ3v) is 3.67. The molecule has 1 atom stereocenters. The Labute approximate surface area is 127 Å². The third-order valence-electron chi connectivity index (χ3n) is 3.67. The standard InChI is InChI=1S/C14H18N2O6/c1-15-9(6-14(20,8-21-2)13(15)19)4-11(17)16-7-10(22-3)5-12(16)18/h4-5,20H,6-8H2,1-3H3/b9-4+. The molecule has 0 aromatic carbocycles. The SMILES string of the molecule is COCC1(O)C/C(=C\C(=O)N2CC(OC)=CC2=O)N(C)C1=O. The summed E-state index contributed by atoms with van der Waals surface area (Å²) in [4.78, 5) is 38.1. The van der Waals surface area contributed by atoms with Crippen molar-refractivity contribution in [2.24, 2.45) is 0 Å². The Morgan fingerprint density at radius 2 is 2.14 bits per heavy atom. The van der Waals surface area contributed by atoms with E-state index in [1.54, 1.807) is 0 Å². The Bertz CT molecular complexity index is 582. The van der Waals surface area contributed by atoms with E-state index >= 15 is 0 Å². The second kappa shape index (κ2) is 5.90. The predicted octanol–water partition coefficient (Wildman–Crippen LogP) is -0.991. The van der Waals surface area contributed by atoms with Crippen molar-refractivity contribution in [3.8, 4) is 0 Å². The maximum Gasteiger partial charge on any atom is 0.261 e. The fourth-order valence-corrected chi connectivity index (χ4v) is 2.46. The highest BCUT2D eigenvalue weighted by Crippen LogP contribution is 2.30. The lowest BCUT2D eigenvalue weighted by Crippen LogP contribution is -2.42. The molecule has 1 fully saturated rings. The van der Waals surface area contributed by atoms with Crippen molar-refractivity contribution in [3.05, 3.63) is 23.6 Å². The summed E-state index contributed by atoms with van der Waals surface area (Å²) in [5.74, 6) is -1.19. The number of nitrogens with zero attached hydrogens (tertiary/aromatic N) is 2. The van der Waals surface area contributed by atoms with E-state index in [0.29, 0.717) is 11.5 Å². The highest BCUT2D eigenvalue weighted by molar-refractivity contribution is 6.07. The van der Waals surface area contributed by atoms with Gasteiger partial charge in [-0.05, 0) is 0 Å². The lowest BCUT2D eigenvalue weighted by Gasteiger charge is -2.18. The Hall–Kier alpha value is -2.19. The van der Waals surface area contributed by atoms with Crippen molar-refractivity contribution in [1.82, 2.24) is 9.80 Å². The van der Waals surface area contributed by atoms with Gasteiger partial charge in [0.05, 0.1) is 20.3 Å². The minimum Gasteiger partial charge on any atom is -0.499 e. The van der Waals surface area contributed by atoms with Gasteiger partial charge in [0.1, 0.15) is 5.76 Å². The van der Waals surface area contributed by atoms with Crippen LogP contribution in [-0.2, 0) is 23.9 Å². The second-order valence-corrected chi connectivity index (χ2v) is 5.22. The molecule has 0 bridgehead atoms. The minimum absolute atomic E-state index is 0.0471. The molecule has 0 aromatic rings. The number of likely N-dealkylation sites (N-methyl/N-ethyl adjacent to an activating group) is 1. The van der Waals surface area contributed by atoms with E-state index in [4.69, 9.17) is 9.47 Å². The average molecular weight is 310 g/mol. The molecule has 0 aliphatic carbocycles. The zero-order valence-corrected chi connectivity index (χ0v) is 12.7. The summed E-state index contributed by atoms with van der Waals surface area (Å²) < 4.78 is 9.79. The maximum absolute atomic E-state index is 12.2. The Balaban J connectivity index is 2.15. The monoisotopic (exact) mass is 310 g/mol. The van der Waals surface area contributed by atoms with Crippen LogP contribution in [0.2, 0.25) is 0 Å². The van der Waals surface area contributed by atoms with Gasteiger partial charge in [-0.3, -0.25) is 19.3 Å². The van der Waals surface area contributed by atoms with Gasteiger partial charge >= 0.3 is 0 Å². The number of carbonyl (C=O) groups excluding carboxylic acids is 3. The number of carbonyl (C=O) groups is 3. The zero-order valence-electron chi connectivity index (χ0n) is 12.7. The quantitative estimate of drug-likeness (QED) is 0.670. The van der Waals surface area contributed by atoms with Crippen LogP contribution in [0.4, 0.5) is 0 Å². The van der Waals surface area contributed by atoms with Gasteiger partial charge in [0, 0.05) is 38.4 Å². The third kappa shape index (κ3) is 2.75. The van der Waals surface area contributed by atoms with E-state index in [9.17, 15) is 19.5 Å². The first-order valence-electron chi connectivity index (χ1n) is 6.62. The molecule has 8 nitrogen and oxygen atoms in total. The summed E-state index contributed by atoms with van der Waals surface area (Å²) in [6.07, 6.45) is 2.37. The number of likely N-dealkylation sites (tertiary alicyclic amines) is 1. The van der Waals surface area contributed by atoms with Crippen LogP contribution in [-0.4, -0.2) is 72.6 Å². The molecule has 0 radical (unpaired) electrons. The number of methoxy groups -OCH3 is 2. The van der Waals surface area contributed by atoms with E-state index in [2.05, 4.69) is 0 Å². The minimum atomic E-state index is -1.68. The van der Waals surface area contributed by atoms with E-state index in [-0.39, 0.29) is 19.6 Å². The molecular formula is C14H18N2O6. The summed E-state index contributed by atoms with van der Waals surface area (Å²) in [5, 5.41) is 10.2. The van der Waals surface area contributed by atoms with Gasteiger partial charge in [-0.2, -0.15) is 0 Å². The first kappa shape index (κ1) is 16.2. The van der Waals surface area contributed by atoms with Crippen LogP contribution in [0.5, 0.6) is 0 Å². The van der Waals surface area contributed by atoms with Crippen molar-refractivity contribution in [2.75, 3.05) is 34.4 Å². The fourth-order valence-electron chi connectivity index (χ4n) is 2.46. The van der Waals surface area contributed by atoms with Crippen LogP contribution in [0.1, 0.15) is 6.42 Å². The molecule has 1 N–H and O–H groups in total. The molecule has 0 saturated carbocycles. The summed E-state index contributed by atoms with van der Waals surface area (Å²) in [5.41, 5.74) is -1.35. The van der Waals surface area contributed by atoms with Gasteiger partial charge in [0.2, 0.25) is 0 Å². The van der Waals surface area contributed by atoms with E-state index in [1.807, 2.05) is 0 Å². The highest BCUT2D eigenvalue weighted by atomic mass is 16.5. The summed E-state index contributed by atoms with van der Waals surface area (Å²) >= 11 is 0. The van der Waals surface area contributed by atoms with Gasteiger partial charge in [0.25, 0.3) is 17.7 Å². The van der Waals surface area contributed by atoms with Crippen LogP contribution < -0.4 is 0 Å². The molecule has 8 heteroatoms. The molecule has 120 valence electrons. The zero-order chi connectivity index (χ0) is 16.5. The summed E-state index contributed by atoms with van der Waals surface area (Å²) in [7, 11) is 4.25. The fraction of sp³-hybridized carbons (Fsp3) is 0.500. The Kier molecular flexibility index (Phi) is 4.34. The van der Waals surface area contributed by atoms with Crippen molar-refractivity contribution < 1.29 is 29.0 Å². The molecule has 0 aromatic heterocycles. The molecule has 2 heterocycles. The number of rotatable bonds is 4. The summed E-state index contributed by atoms with van der Waals surface area (Å²) in [6, 6.07) is 0. The van der Waals surface area contributed by atoms with Crippen LogP contribution in [0, 0.1) is 0 Å². The van der Waals surface area contributed by atoms with E-state index in [1.165, 1.54) is 38.3 Å². The topological polar surface area (TPSA) is 96.4 Å². The molecule has 2 aliphatic rings. The lowest BCUT2D eigenvalue weighted by molar-refractivity contribution is -0.146. The van der Waals surface area contributed by atoms with Crippen LogP contribution in [0.25, 0.3) is 0 Å². The van der Waals surface area contributed by atoms with Gasteiger partial charge in [-0.1, -0.05) is 0 Å². The van der Waals surface area contributed by atoms with Gasteiger partial charge in [0.15, 0.2) is 5.60 Å². The van der Waals surface area contributed by atoms with Crippen molar-refractivity contribution in [1.29, 1.82) is 0 Å². The number of hydrogen-bond acceptors (Lipinski definition) is 6. The van der Waals surface area contributed by atoms with Crippen molar-refractivity contribution >= 4 is 17.7 Å². The van der Waals surface area contributed by atoms with Gasteiger partial charge in [-0.15, -0.1) is 0 Å². The van der Waals surface area contributed by atoms with E-state index < -0.39 is 23.3 Å². The molecule has 1 saturated heterocycles. The van der Waals surface area contributed by atoms with Crippen LogP contribution in [0.15, 0.2) is 23.6 Å².